The Hall–Kier alpha value is -2.27. The predicted octanol–water partition coefficient (Wildman–Crippen LogP) is 1.22. The third-order valence-corrected chi connectivity index (χ3v) is 5.94. The van der Waals surface area contributed by atoms with Crippen molar-refractivity contribution in [3.8, 4) is 5.75 Å². The first-order valence-corrected chi connectivity index (χ1v) is 8.70. The molecule has 11 heteroatoms. The lowest BCUT2D eigenvalue weighted by atomic mass is 10.2. The number of hydrogen-bond donors (Lipinski definition) is 1. The van der Waals surface area contributed by atoms with Crippen molar-refractivity contribution in [2.24, 2.45) is 0 Å². The lowest BCUT2D eigenvalue weighted by Crippen LogP contribution is -2.38. The molecular formula is C12H11FN4O4S2. The number of ether oxygens (including phenoxy) is 1. The van der Waals surface area contributed by atoms with Crippen molar-refractivity contribution < 1.29 is 22.3 Å². The van der Waals surface area contributed by atoms with Gasteiger partial charge in [-0.25, -0.2) is 4.39 Å². The van der Waals surface area contributed by atoms with Crippen molar-refractivity contribution in [1.29, 1.82) is 0 Å². The maximum atomic E-state index is 13.5. The van der Waals surface area contributed by atoms with E-state index in [9.17, 15) is 17.6 Å². The smallest absolute Gasteiger partial charge is 0.293 e. The van der Waals surface area contributed by atoms with Gasteiger partial charge >= 0.3 is 0 Å². The van der Waals surface area contributed by atoms with Crippen molar-refractivity contribution in [3.05, 3.63) is 24.0 Å². The van der Waals surface area contributed by atoms with Crippen molar-refractivity contribution in [2.75, 3.05) is 22.8 Å². The molecule has 0 saturated carbocycles. The van der Waals surface area contributed by atoms with Crippen LogP contribution >= 0.6 is 11.3 Å². The summed E-state index contributed by atoms with van der Waals surface area (Å²) in [5.74, 6) is -0.692. The Balaban J connectivity index is 1.99. The highest BCUT2D eigenvalue weighted by molar-refractivity contribution is 7.94. The molecule has 1 aliphatic heterocycles. The molecule has 0 bridgehead atoms. The van der Waals surface area contributed by atoms with Crippen molar-refractivity contribution >= 4 is 38.1 Å². The van der Waals surface area contributed by atoms with E-state index < -0.39 is 15.8 Å². The summed E-state index contributed by atoms with van der Waals surface area (Å²) in [7, 11) is -4.03. The maximum absolute atomic E-state index is 13.5. The molecule has 122 valence electrons. The third kappa shape index (κ3) is 2.97. The minimum absolute atomic E-state index is 0.0217. The number of nitrogens with zero attached hydrogens (tertiary/aromatic N) is 3. The van der Waals surface area contributed by atoms with Gasteiger partial charge in [0.1, 0.15) is 18.2 Å². The van der Waals surface area contributed by atoms with E-state index >= 15 is 0 Å². The van der Waals surface area contributed by atoms with E-state index in [4.69, 9.17) is 4.74 Å². The topological polar surface area (TPSA) is 101 Å². The van der Waals surface area contributed by atoms with Gasteiger partial charge in [0, 0.05) is 13.0 Å². The number of aromatic nitrogens is 2. The monoisotopic (exact) mass is 358 g/mol. The zero-order valence-corrected chi connectivity index (χ0v) is 13.4. The highest BCUT2D eigenvalue weighted by Crippen LogP contribution is 2.36. The Morgan fingerprint density at radius 3 is 2.96 bits per heavy atom. The summed E-state index contributed by atoms with van der Waals surface area (Å²) < 4.78 is 44.9. The number of sulfonamides is 1. The minimum atomic E-state index is -4.03. The summed E-state index contributed by atoms with van der Waals surface area (Å²) in [5.41, 5.74) is 0.104. The van der Waals surface area contributed by atoms with Crippen LogP contribution in [0.3, 0.4) is 0 Å². The normalized spacial score (nSPS) is 14.1. The van der Waals surface area contributed by atoms with Gasteiger partial charge in [-0.2, -0.15) is 8.42 Å². The SMILES string of the molecule is CC(=O)Nc1nnc(S(=O)(=O)N2CCOc3ccc(F)cc32)s1. The van der Waals surface area contributed by atoms with Crippen LogP contribution in [-0.2, 0) is 14.8 Å². The molecule has 0 unspecified atom stereocenters. The summed E-state index contributed by atoms with van der Waals surface area (Å²) in [6.45, 7) is 1.43. The Bertz CT molecular complexity index is 868. The number of anilines is 2. The summed E-state index contributed by atoms with van der Waals surface area (Å²) in [6.07, 6.45) is 0. The summed E-state index contributed by atoms with van der Waals surface area (Å²) in [5, 5.41) is 9.66. The number of benzene rings is 1. The highest BCUT2D eigenvalue weighted by Gasteiger charge is 2.33. The first kappa shape index (κ1) is 15.6. The van der Waals surface area contributed by atoms with Crippen LogP contribution in [0.5, 0.6) is 5.75 Å². The molecule has 1 aromatic carbocycles. The average molecular weight is 358 g/mol. The van der Waals surface area contributed by atoms with Gasteiger partial charge in [-0.15, -0.1) is 10.2 Å². The van der Waals surface area contributed by atoms with Gasteiger partial charge in [0.25, 0.3) is 14.4 Å². The zero-order chi connectivity index (χ0) is 16.6. The van der Waals surface area contributed by atoms with E-state index in [0.717, 1.165) is 21.7 Å². The molecule has 2 heterocycles. The number of carbonyl (C=O) groups excluding carboxylic acids is 1. The number of amides is 1. The molecule has 0 saturated heterocycles. The van der Waals surface area contributed by atoms with Crippen LogP contribution < -0.4 is 14.4 Å². The number of nitrogens with one attached hydrogen (secondary N) is 1. The van der Waals surface area contributed by atoms with Crippen molar-refractivity contribution in [2.45, 2.75) is 11.3 Å². The van der Waals surface area contributed by atoms with E-state index in [1.807, 2.05) is 0 Å². The van der Waals surface area contributed by atoms with Gasteiger partial charge in [-0.05, 0) is 12.1 Å². The lowest BCUT2D eigenvalue weighted by molar-refractivity contribution is -0.114. The quantitative estimate of drug-likeness (QED) is 0.828. The summed E-state index contributed by atoms with van der Waals surface area (Å²) in [6, 6.07) is 3.64. The second-order valence-electron chi connectivity index (χ2n) is 4.59. The Labute approximate surface area is 135 Å². The largest absolute Gasteiger partial charge is 0.489 e. The molecule has 0 radical (unpaired) electrons. The van der Waals surface area contributed by atoms with Gasteiger partial charge in [-0.3, -0.25) is 9.10 Å². The Morgan fingerprint density at radius 1 is 1.43 bits per heavy atom. The Kier molecular flexibility index (Phi) is 3.90. The highest BCUT2D eigenvalue weighted by atomic mass is 32.2. The van der Waals surface area contributed by atoms with Crippen LogP contribution in [0.4, 0.5) is 15.2 Å². The minimum Gasteiger partial charge on any atom is -0.489 e. The fourth-order valence-electron chi connectivity index (χ4n) is 2.03. The molecule has 1 aromatic heterocycles. The molecule has 8 nitrogen and oxygen atoms in total. The summed E-state index contributed by atoms with van der Waals surface area (Å²) >= 11 is 0.722. The Morgan fingerprint density at radius 2 is 2.22 bits per heavy atom. The van der Waals surface area contributed by atoms with E-state index in [1.54, 1.807) is 0 Å². The fourth-order valence-corrected chi connectivity index (χ4v) is 4.53. The average Bonchev–Trinajstić information content (AvgIpc) is 2.95. The van der Waals surface area contributed by atoms with Crippen LogP contribution in [0.15, 0.2) is 22.5 Å². The van der Waals surface area contributed by atoms with Crippen LogP contribution in [0.2, 0.25) is 0 Å². The zero-order valence-electron chi connectivity index (χ0n) is 11.8. The second-order valence-corrected chi connectivity index (χ2v) is 7.61. The predicted molar refractivity (Wildman–Crippen MR) is 80.6 cm³/mol. The number of hydrogen-bond acceptors (Lipinski definition) is 7. The summed E-state index contributed by atoms with van der Waals surface area (Å²) in [4.78, 5) is 11.0. The number of carbonyl (C=O) groups is 1. The van der Waals surface area contributed by atoms with Crippen LogP contribution in [-0.4, -0.2) is 37.7 Å². The third-order valence-electron chi connectivity index (χ3n) is 2.94. The van der Waals surface area contributed by atoms with Gasteiger partial charge in [0.05, 0.1) is 12.2 Å². The number of halogens is 1. The molecular weight excluding hydrogens is 347 g/mol. The molecule has 0 spiro atoms. The van der Waals surface area contributed by atoms with Gasteiger partial charge in [-0.1, -0.05) is 11.3 Å². The van der Waals surface area contributed by atoms with Gasteiger partial charge in [0.15, 0.2) is 0 Å². The molecule has 0 atom stereocenters. The van der Waals surface area contributed by atoms with E-state index in [-0.39, 0.29) is 40.0 Å². The van der Waals surface area contributed by atoms with Gasteiger partial charge in [0.2, 0.25) is 11.0 Å². The van der Waals surface area contributed by atoms with Crippen LogP contribution in [0.1, 0.15) is 6.92 Å². The van der Waals surface area contributed by atoms with Crippen LogP contribution in [0, 0.1) is 5.82 Å². The van der Waals surface area contributed by atoms with E-state index in [2.05, 4.69) is 15.5 Å². The molecule has 0 aliphatic carbocycles. The molecule has 3 rings (SSSR count). The van der Waals surface area contributed by atoms with E-state index in [1.165, 1.54) is 19.1 Å². The number of rotatable bonds is 3. The molecule has 1 aliphatic rings. The van der Waals surface area contributed by atoms with Gasteiger partial charge < -0.3 is 10.1 Å². The molecule has 2 aromatic rings. The number of fused-ring (bicyclic) bond motifs is 1. The molecule has 0 fully saturated rings. The van der Waals surface area contributed by atoms with E-state index in [0.29, 0.717) is 0 Å². The first-order chi connectivity index (χ1) is 10.9. The van der Waals surface area contributed by atoms with Crippen LogP contribution in [0.25, 0.3) is 0 Å². The maximum Gasteiger partial charge on any atom is 0.293 e. The molecule has 1 N–H and O–H groups in total. The standard InChI is InChI=1S/C12H11FN4O4S2/c1-7(18)14-11-15-16-12(22-11)23(19,20)17-4-5-21-10-3-2-8(13)6-9(10)17/h2-3,6H,4-5H2,1H3,(H,14,15,18). The van der Waals surface area contributed by atoms with Crippen molar-refractivity contribution in [1.82, 2.24) is 10.2 Å². The fraction of sp³-hybridized carbons (Fsp3) is 0.250. The first-order valence-electron chi connectivity index (χ1n) is 6.44. The second kappa shape index (κ2) is 5.74. The van der Waals surface area contributed by atoms with Crippen molar-refractivity contribution in [3.63, 3.8) is 0 Å². The molecule has 23 heavy (non-hydrogen) atoms. The lowest BCUT2D eigenvalue weighted by Gasteiger charge is -2.29. The molecule has 1 amide bonds.